The van der Waals surface area contributed by atoms with Crippen LogP contribution in [0.3, 0.4) is 0 Å². The van der Waals surface area contributed by atoms with Gasteiger partial charge in [-0.1, -0.05) is 29.4 Å². The van der Waals surface area contributed by atoms with Gasteiger partial charge >= 0.3 is 0 Å². The molecule has 4 N–H and O–H groups in total. The second kappa shape index (κ2) is 5.93. The van der Waals surface area contributed by atoms with Gasteiger partial charge in [0.2, 0.25) is 5.91 Å². The summed E-state index contributed by atoms with van der Waals surface area (Å²) in [4.78, 5) is 11.6. The third-order valence-corrected chi connectivity index (χ3v) is 3.07. The summed E-state index contributed by atoms with van der Waals surface area (Å²) in [5, 5.41) is 10.2. The van der Waals surface area contributed by atoms with Crippen LogP contribution in [-0.2, 0) is 4.79 Å². The maximum absolute atomic E-state index is 11.6. The molecular weight excluding hydrogens is 258 g/mol. The zero-order valence-electron chi connectivity index (χ0n) is 9.63. The van der Waals surface area contributed by atoms with Crippen LogP contribution in [0.15, 0.2) is 12.1 Å². The number of thioether (sulfide) groups is 1. The number of halogens is 1. The molecule has 1 aromatic rings. The molecule has 1 amide bonds. The average molecular weight is 272 g/mol. The van der Waals surface area contributed by atoms with Gasteiger partial charge in [-0.15, -0.1) is 0 Å². The smallest absolute Gasteiger partial charge is 0.234 e. The van der Waals surface area contributed by atoms with Crippen LogP contribution in [0.4, 0.5) is 5.69 Å². The number of nitrogens with one attached hydrogen (secondary N) is 2. The van der Waals surface area contributed by atoms with E-state index >= 15 is 0 Å². The monoisotopic (exact) mass is 271 g/mol. The fraction of sp³-hybridized carbons (Fsp3) is 0.273. The largest absolute Gasteiger partial charge is 0.379 e. The highest BCUT2D eigenvalue weighted by Crippen LogP contribution is 2.27. The quantitative estimate of drug-likeness (QED) is 0.584. The summed E-state index contributed by atoms with van der Waals surface area (Å²) < 4.78 is 0. The van der Waals surface area contributed by atoms with Crippen molar-refractivity contribution in [2.75, 3.05) is 11.1 Å². The van der Waals surface area contributed by atoms with E-state index in [1.807, 2.05) is 19.9 Å². The van der Waals surface area contributed by atoms with Gasteiger partial charge in [0, 0.05) is 0 Å². The maximum atomic E-state index is 11.6. The summed E-state index contributed by atoms with van der Waals surface area (Å²) in [7, 11) is 0. The second-order valence-electron chi connectivity index (χ2n) is 3.64. The average Bonchev–Trinajstić information content (AvgIpc) is 2.20. The molecule has 0 fully saturated rings. The molecule has 0 aliphatic carbocycles. The molecule has 1 aromatic carbocycles. The number of aryl methyl sites for hydroxylation is 2. The van der Waals surface area contributed by atoms with Crippen LogP contribution in [0.25, 0.3) is 0 Å². The van der Waals surface area contributed by atoms with Crippen LogP contribution in [0, 0.1) is 19.3 Å². The van der Waals surface area contributed by atoms with Gasteiger partial charge in [0.25, 0.3) is 0 Å². The molecule has 0 aliphatic heterocycles. The highest BCUT2D eigenvalue weighted by Gasteiger charge is 2.09. The lowest BCUT2D eigenvalue weighted by Gasteiger charge is -2.11. The Bertz CT molecular complexity index is 439. The summed E-state index contributed by atoms with van der Waals surface area (Å²) in [5.41, 5.74) is 7.73. The molecule has 0 radical (unpaired) electrons. The molecular formula is C11H14ClN3OS. The van der Waals surface area contributed by atoms with E-state index in [1.54, 1.807) is 6.07 Å². The van der Waals surface area contributed by atoms with Crippen molar-refractivity contribution in [2.24, 2.45) is 5.73 Å². The summed E-state index contributed by atoms with van der Waals surface area (Å²) in [6.45, 7) is 3.82. The van der Waals surface area contributed by atoms with E-state index in [1.165, 1.54) is 0 Å². The first-order valence-corrected chi connectivity index (χ1v) is 6.30. The van der Waals surface area contributed by atoms with E-state index < -0.39 is 0 Å². The summed E-state index contributed by atoms with van der Waals surface area (Å²) >= 11 is 7.03. The van der Waals surface area contributed by atoms with Crippen molar-refractivity contribution in [3.63, 3.8) is 0 Å². The lowest BCUT2D eigenvalue weighted by atomic mass is 10.1. The van der Waals surface area contributed by atoms with Gasteiger partial charge in [-0.2, -0.15) is 0 Å². The first kappa shape index (κ1) is 13.9. The van der Waals surface area contributed by atoms with Crippen LogP contribution in [0.5, 0.6) is 0 Å². The topological polar surface area (TPSA) is 79.0 Å². The molecule has 92 valence electrons. The summed E-state index contributed by atoms with van der Waals surface area (Å²) in [6, 6.07) is 3.74. The molecule has 0 atom stereocenters. The molecule has 0 aliphatic rings. The summed E-state index contributed by atoms with van der Waals surface area (Å²) in [6.07, 6.45) is 0. The lowest BCUT2D eigenvalue weighted by molar-refractivity contribution is -0.113. The van der Waals surface area contributed by atoms with Crippen molar-refractivity contribution in [3.8, 4) is 0 Å². The lowest BCUT2D eigenvalue weighted by Crippen LogP contribution is -2.18. The standard InChI is InChI=1S/C11H14ClN3OS/c1-6-3-7(2)10(8(12)4-6)15-9(16)5-17-11(13)14/h3-4H,5H2,1-2H3,(H3,13,14)(H,15,16). The minimum absolute atomic E-state index is 0.0770. The normalized spacial score (nSPS) is 10.1. The van der Waals surface area contributed by atoms with E-state index in [0.29, 0.717) is 10.7 Å². The molecule has 0 spiro atoms. The molecule has 0 saturated carbocycles. The van der Waals surface area contributed by atoms with Crippen molar-refractivity contribution in [1.82, 2.24) is 0 Å². The number of hydrogen-bond acceptors (Lipinski definition) is 3. The molecule has 0 aromatic heterocycles. The Balaban J connectivity index is 2.75. The Hall–Kier alpha value is -1.20. The van der Waals surface area contributed by atoms with E-state index in [2.05, 4.69) is 5.32 Å². The zero-order valence-corrected chi connectivity index (χ0v) is 11.2. The Morgan fingerprint density at radius 2 is 2.18 bits per heavy atom. The van der Waals surface area contributed by atoms with Gasteiger partial charge in [0.1, 0.15) is 0 Å². The molecule has 0 heterocycles. The Labute approximate surface area is 109 Å². The van der Waals surface area contributed by atoms with Crippen molar-refractivity contribution < 1.29 is 4.79 Å². The van der Waals surface area contributed by atoms with E-state index in [4.69, 9.17) is 22.7 Å². The SMILES string of the molecule is Cc1cc(C)c(NC(=O)CSC(=N)N)c(Cl)c1. The minimum Gasteiger partial charge on any atom is -0.379 e. The van der Waals surface area contributed by atoms with Crippen LogP contribution >= 0.6 is 23.4 Å². The maximum Gasteiger partial charge on any atom is 0.234 e. The van der Waals surface area contributed by atoms with Crippen LogP contribution < -0.4 is 11.1 Å². The van der Waals surface area contributed by atoms with Gasteiger partial charge in [0.15, 0.2) is 5.17 Å². The van der Waals surface area contributed by atoms with Crippen molar-refractivity contribution >= 4 is 40.1 Å². The van der Waals surface area contributed by atoms with Gasteiger partial charge in [0.05, 0.1) is 16.5 Å². The Kier molecular flexibility index (Phi) is 4.84. The van der Waals surface area contributed by atoms with Crippen molar-refractivity contribution in [3.05, 3.63) is 28.3 Å². The number of amidine groups is 1. The van der Waals surface area contributed by atoms with Crippen LogP contribution in [0.1, 0.15) is 11.1 Å². The highest BCUT2D eigenvalue weighted by molar-refractivity contribution is 8.14. The van der Waals surface area contributed by atoms with Gasteiger partial charge in [-0.3, -0.25) is 10.2 Å². The summed E-state index contributed by atoms with van der Waals surface area (Å²) in [5.74, 6) is -0.113. The molecule has 0 unspecified atom stereocenters. The number of carbonyl (C=O) groups is 1. The number of amides is 1. The van der Waals surface area contributed by atoms with Gasteiger partial charge in [-0.25, -0.2) is 0 Å². The fourth-order valence-electron chi connectivity index (χ4n) is 1.39. The number of carbonyl (C=O) groups excluding carboxylic acids is 1. The van der Waals surface area contributed by atoms with Crippen LogP contribution in [-0.4, -0.2) is 16.8 Å². The van der Waals surface area contributed by atoms with E-state index in [9.17, 15) is 4.79 Å². The van der Waals surface area contributed by atoms with Gasteiger partial charge < -0.3 is 11.1 Å². The second-order valence-corrected chi connectivity index (χ2v) is 5.06. The Morgan fingerprint density at radius 3 is 2.71 bits per heavy atom. The Morgan fingerprint density at radius 1 is 1.53 bits per heavy atom. The number of nitrogens with two attached hydrogens (primary N) is 1. The predicted octanol–water partition coefficient (Wildman–Crippen LogP) is 2.52. The molecule has 0 bridgehead atoms. The highest BCUT2D eigenvalue weighted by atomic mass is 35.5. The first-order valence-electron chi connectivity index (χ1n) is 4.93. The van der Waals surface area contributed by atoms with E-state index in [0.717, 1.165) is 22.9 Å². The minimum atomic E-state index is -0.223. The zero-order chi connectivity index (χ0) is 13.0. The third kappa shape index (κ3) is 4.28. The number of hydrogen-bond donors (Lipinski definition) is 3. The van der Waals surface area contributed by atoms with Crippen LogP contribution in [0.2, 0.25) is 5.02 Å². The molecule has 17 heavy (non-hydrogen) atoms. The fourth-order valence-corrected chi connectivity index (χ4v) is 2.12. The predicted molar refractivity (Wildman–Crippen MR) is 73.9 cm³/mol. The molecule has 1 rings (SSSR count). The number of rotatable bonds is 3. The molecule has 4 nitrogen and oxygen atoms in total. The molecule has 6 heteroatoms. The van der Waals surface area contributed by atoms with Crippen molar-refractivity contribution in [2.45, 2.75) is 13.8 Å². The molecule has 0 saturated heterocycles. The third-order valence-electron chi connectivity index (χ3n) is 2.05. The first-order chi connectivity index (χ1) is 7.90. The number of anilines is 1. The van der Waals surface area contributed by atoms with E-state index in [-0.39, 0.29) is 16.8 Å². The number of benzene rings is 1. The van der Waals surface area contributed by atoms with Crippen molar-refractivity contribution in [1.29, 1.82) is 5.41 Å². The van der Waals surface area contributed by atoms with Gasteiger partial charge in [-0.05, 0) is 31.0 Å².